The third kappa shape index (κ3) is 3.33. The molecule has 1 fully saturated rings. The van der Waals surface area contributed by atoms with Crippen LogP contribution in [0.5, 0.6) is 0 Å². The second-order valence-electron chi connectivity index (χ2n) is 6.55. The van der Waals surface area contributed by atoms with Crippen LogP contribution in [0.2, 0.25) is 0 Å². The van der Waals surface area contributed by atoms with Crippen LogP contribution in [-0.4, -0.2) is 31.7 Å². The van der Waals surface area contributed by atoms with E-state index in [0.29, 0.717) is 11.1 Å². The topological polar surface area (TPSA) is 89.8 Å². The highest BCUT2D eigenvalue weighted by molar-refractivity contribution is 5.97. The van der Waals surface area contributed by atoms with E-state index < -0.39 is 0 Å². The first kappa shape index (κ1) is 16.4. The van der Waals surface area contributed by atoms with Crippen molar-refractivity contribution in [2.45, 2.75) is 37.8 Å². The van der Waals surface area contributed by atoms with Crippen LogP contribution in [0.25, 0.3) is 11.0 Å². The molecule has 1 aliphatic carbocycles. The molecule has 0 aliphatic heterocycles. The van der Waals surface area contributed by atoms with E-state index in [9.17, 15) is 9.59 Å². The van der Waals surface area contributed by atoms with Gasteiger partial charge in [-0.05, 0) is 49.9 Å². The summed E-state index contributed by atoms with van der Waals surface area (Å²) in [6.45, 7) is 0. The summed E-state index contributed by atoms with van der Waals surface area (Å²) in [5.41, 5.74) is 1.99. The Bertz CT molecular complexity index is 992. The maximum atomic E-state index is 12.5. The van der Waals surface area contributed by atoms with Gasteiger partial charge in [0.2, 0.25) is 0 Å². The summed E-state index contributed by atoms with van der Waals surface area (Å²) in [7, 11) is 0. The van der Waals surface area contributed by atoms with Crippen LogP contribution in [0.3, 0.4) is 0 Å². The summed E-state index contributed by atoms with van der Waals surface area (Å²) in [6, 6.07) is 8.73. The number of carbonyl (C=O) groups excluding carboxylic acids is 1. The summed E-state index contributed by atoms with van der Waals surface area (Å²) >= 11 is 0. The number of carbonyl (C=O) groups is 1. The van der Waals surface area contributed by atoms with E-state index in [2.05, 4.69) is 20.4 Å². The van der Waals surface area contributed by atoms with Crippen LogP contribution in [-0.2, 0) is 0 Å². The number of hydrogen-bond acceptors (Lipinski definition) is 5. The smallest absolute Gasteiger partial charge is 0.266 e. The molecule has 0 saturated heterocycles. The van der Waals surface area contributed by atoms with Crippen molar-refractivity contribution in [2.75, 3.05) is 0 Å². The molecular weight excluding hydrogens is 330 g/mol. The summed E-state index contributed by atoms with van der Waals surface area (Å²) in [6.07, 6.45) is 8.19. The number of nitrogens with one attached hydrogen (secondary N) is 1. The molecule has 2 heterocycles. The van der Waals surface area contributed by atoms with Crippen molar-refractivity contribution < 1.29 is 4.79 Å². The second kappa shape index (κ2) is 7.03. The van der Waals surface area contributed by atoms with Crippen LogP contribution < -0.4 is 10.9 Å². The Morgan fingerprint density at radius 2 is 1.77 bits per heavy atom. The van der Waals surface area contributed by atoms with Crippen molar-refractivity contribution in [1.29, 1.82) is 0 Å². The van der Waals surface area contributed by atoms with Crippen molar-refractivity contribution in [3.8, 4) is 0 Å². The van der Waals surface area contributed by atoms with Crippen molar-refractivity contribution in [3.05, 3.63) is 64.8 Å². The van der Waals surface area contributed by atoms with Crippen LogP contribution in [0.4, 0.5) is 0 Å². The highest BCUT2D eigenvalue weighted by atomic mass is 16.1. The minimum atomic E-state index is -0.101. The predicted octanol–water partition coefficient (Wildman–Crippen LogP) is 2.10. The van der Waals surface area contributed by atoms with Gasteiger partial charge in [0.15, 0.2) is 0 Å². The molecule has 1 aliphatic rings. The molecule has 0 spiro atoms. The Morgan fingerprint density at radius 1 is 1.00 bits per heavy atom. The molecule has 0 unspecified atom stereocenters. The molecule has 3 aromatic rings. The number of benzene rings is 1. The molecule has 1 amide bonds. The van der Waals surface area contributed by atoms with E-state index in [0.717, 1.165) is 31.2 Å². The normalized spacial score (nSPS) is 20.0. The number of amides is 1. The first-order valence-corrected chi connectivity index (χ1v) is 8.76. The standard InChI is InChI=1S/C19H19N5O2/c25-18-2-1-9-22-24(18)15-6-4-14(5-7-15)23-19(26)13-3-8-16-17(12-13)21-11-10-20-16/h1-3,8-12,14-15H,4-7H2,(H,23,26). The van der Waals surface area contributed by atoms with E-state index in [4.69, 9.17) is 0 Å². The maximum absolute atomic E-state index is 12.5. The molecule has 1 saturated carbocycles. The highest BCUT2D eigenvalue weighted by Crippen LogP contribution is 2.27. The molecule has 4 rings (SSSR count). The Labute approximate surface area is 150 Å². The van der Waals surface area contributed by atoms with Gasteiger partial charge in [-0.25, -0.2) is 4.68 Å². The number of hydrogen-bond donors (Lipinski definition) is 1. The summed E-state index contributed by atoms with van der Waals surface area (Å²) in [5.74, 6) is -0.101. The summed E-state index contributed by atoms with van der Waals surface area (Å²) in [4.78, 5) is 32.9. The average molecular weight is 349 g/mol. The summed E-state index contributed by atoms with van der Waals surface area (Å²) < 4.78 is 1.56. The van der Waals surface area contributed by atoms with Gasteiger partial charge in [0.1, 0.15) is 0 Å². The molecule has 26 heavy (non-hydrogen) atoms. The Balaban J connectivity index is 1.40. The van der Waals surface area contributed by atoms with Crippen molar-refractivity contribution in [1.82, 2.24) is 25.1 Å². The Hall–Kier alpha value is -3.09. The third-order valence-corrected chi connectivity index (χ3v) is 4.85. The van der Waals surface area contributed by atoms with Gasteiger partial charge in [0.05, 0.1) is 17.1 Å². The van der Waals surface area contributed by atoms with Gasteiger partial charge in [0.25, 0.3) is 11.5 Å². The monoisotopic (exact) mass is 349 g/mol. The maximum Gasteiger partial charge on any atom is 0.266 e. The fourth-order valence-electron chi connectivity index (χ4n) is 3.48. The van der Waals surface area contributed by atoms with Crippen LogP contribution in [0.15, 0.2) is 53.7 Å². The van der Waals surface area contributed by atoms with Crippen molar-refractivity contribution in [3.63, 3.8) is 0 Å². The molecular formula is C19H19N5O2. The molecule has 7 heteroatoms. The van der Waals surface area contributed by atoms with E-state index in [-0.39, 0.29) is 23.6 Å². The summed E-state index contributed by atoms with van der Waals surface area (Å²) in [5, 5.41) is 7.26. The lowest BCUT2D eigenvalue weighted by Gasteiger charge is -2.29. The lowest BCUT2D eigenvalue weighted by atomic mass is 9.91. The molecule has 1 aromatic carbocycles. The van der Waals surface area contributed by atoms with E-state index in [1.807, 2.05) is 6.07 Å². The van der Waals surface area contributed by atoms with Gasteiger partial charge in [-0.15, -0.1) is 0 Å². The predicted molar refractivity (Wildman–Crippen MR) is 96.8 cm³/mol. The van der Waals surface area contributed by atoms with Gasteiger partial charge in [-0.1, -0.05) is 0 Å². The van der Waals surface area contributed by atoms with Gasteiger partial charge in [-0.2, -0.15) is 5.10 Å². The van der Waals surface area contributed by atoms with E-state index in [1.54, 1.807) is 41.5 Å². The third-order valence-electron chi connectivity index (χ3n) is 4.85. The van der Waals surface area contributed by atoms with Crippen molar-refractivity contribution >= 4 is 16.9 Å². The van der Waals surface area contributed by atoms with Gasteiger partial charge in [-0.3, -0.25) is 19.6 Å². The molecule has 7 nitrogen and oxygen atoms in total. The molecule has 0 radical (unpaired) electrons. The van der Waals surface area contributed by atoms with Gasteiger partial charge < -0.3 is 5.32 Å². The number of nitrogens with zero attached hydrogens (tertiary/aromatic N) is 4. The molecule has 0 atom stereocenters. The Morgan fingerprint density at radius 3 is 2.54 bits per heavy atom. The SMILES string of the molecule is O=C(NC1CCC(n2ncccc2=O)CC1)c1ccc2nccnc2c1. The zero-order valence-electron chi connectivity index (χ0n) is 14.2. The molecule has 0 bridgehead atoms. The van der Waals surface area contributed by atoms with Crippen LogP contribution >= 0.6 is 0 Å². The largest absolute Gasteiger partial charge is 0.349 e. The number of fused-ring (bicyclic) bond motifs is 1. The first-order valence-electron chi connectivity index (χ1n) is 8.76. The molecule has 132 valence electrons. The van der Waals surface area contributed by atoms with Gasteiger partial charge in [0, 0.05) is 36.3 Å². The average Bonchev–Trinajstić information content (AvgIpc) is 2.69. The first-order chi connectivity index (χ1) is 12.7. The van der Waals surface area contributed by atoms with Crippen molar-refractivity contribution in [2.24, 2.45) is 0 Å². The molecule has 1 N–H and O–H groups in total. The van der Waals surface area contributed by atoms with E-state index in [1.165, 1.54) is 6.07 Å². The van der Waals surface area contributed by atoms with Gasteiger partial charge >= 0.3 is 0 Å². The fourth-order valence-corrected chi connectivity index (χ4v) is 3.48. The Kier molecular flexibility index (Phi) is 4.43. The van der Waals surface area contributed by atoms with Crippen LogP contribution in [0.1, 0.15) is 42.1 Å². The fraction of sp³-hybridized carbons (Fsp3) is 0.316. The second-order valence-corrected chi connectivity index (χ2v) is 6.55. The minimum absolute atomic E-state index is 0.0720. The number of rotatable bonds is 3. The quantitative estimate of drug-likeness (QED) is 0.782. The lowest BCUT2D eigenvalue weighted by Crippen LogP contribution is -2.39. The number of aromatic nitrogens is 4. The minimum Gasteiger partial charge on any atom is -0.349 e. The molecule has 2 aromatic heterocycles. The lowest BCUT2D eigenvalue weighted by molar-refractivity contribution is 0.0921. The van der Waals surface area contributed by atoms with Crippen LogP contribution in [0, 0.1) is 0 Å². The zero-order valence-corrected chi connectivity index (χ0v) is 14.2. The van der Waals surface area contributed by atoms with E-state index >= 15 is 0 Å². The zero-order chi connectivity index (χ0) is 17.9. The highest BCUT2D eigenvalue weighted by Gasteiger charge is 2.25.